The second-order valence-electron chi connectivity index (χ2n) is 7.66. The fraction of sp³-hybridized carbons (Fsp3) is 0.500. The molecule has 1 aromatic carbocycles. The van der Waals surface area contributed by atoms with E-state index in [0.29, 0.717) is 24.2 Å². The number of nitrogens with one attached hydrogen (secondary N) is 2. The molecule has 0 fully saturated rings. The third kappa shape index (κ3) is 11.2. The fourth-order valence-corrected chi connectivity index (χ4v) is 3.54. The smallest absolute Gasteiger partial charge is 0.625 e. The standard InChI is InChI=1S/C24H33N3O5.Rb/c1-25-21-12-5-4-11-20(21)24(31)18-9-8-10-19(15-18)27-23(30)17-32-16-22(29)26-13-6-2-3-7-14-28;/h8-10,14-15H,2-7,11-13,16-17H2,1H3,(H3,25,26,27,29,30,31);/q;+1/p-1. The summed E-state index contributed by atoms with van der Waals surface area (Å²) in [5.41, 5.74) is 2.65. The van der Waals surface area contributed by atoms with Crippen LogP contribution in [0.2, 0.25) is 0 Å². The number of unbranched alkanes of at least 4 members (excludes halogenated alkanes) is 3. The Balaban J connectivity index is 0.00000544. The molecule has 0 unspecified atom stereocenters. The second-order valence-corrected chi connectivity index (χ2v) is 7.66. The molecule has 0 heterocycles. The molecule has 174 valence electrons. The van der Waals surface area contributed by atoms with Crippen LogP contribution in [0.15, 0.2) is 35.5 Å². The van der Waals surface area contributed by atoms with Gasteiger partial charge in [0, 0.05) is 36.8 Å². The summed E-state index contributed by atoms with van der Waals surface area (Å²) in [6.45, 7) is -0.0407. The Hall–Kier alpha value is -1.19. The Bertz CT molecular complexity index is 841. The Morgan fingerprint density at radius 1 is 1.09 bits per heavy atom. The molecule has 9 heteroatoms. The van der Waals surface area contributed by atoms with Gasteiger partial charge in [-0.2, -0.15) is 0 Å². The molecule has 0 saturated carbocycles. The van der Waals surface area contributed by atoms with Crippen molar-refractivity contribution in [3.63, 3.8) is 0 Å². The number of carbonyl (C=O) groups is 4. The van der Waals surface area contributed by atoms with Gasteiger partial charge in [-0.1, -0.05) is 30.7 Å². The summed E-state index contributed by atoms with van der Waals surface area (Å²) in [6, 6.07) is 6.68. The number of hydrogen-bond acceptors (Lipinski definition) is 6. The average Bonchev–Trinajstić information content (AvgIpc) is 2.81. The van der Waals surface area contributed by atoms with Crippen molar-refractivity contribution in [3.05, 3.63) is 46.4 Å². The van der Waals surface area contributed by atoms with Crippen LogP contribution in [-0.4, -0.2) is 50.7 Å². The number of carbonyl (C=O) groups excluding carboxylic acids is 4. The van der Waals surface area contributed by atoms with Crippen molar-refractivity contribution in [3.8, 4) is 0 Å². The number of ketones is 1. The van der Waals surface area contributed by atoms with Gasteiger partial charge >= 0.3 is 58.2 Å². The molecular formula is C24H32N3O5Rb. The molecule has 0 atom stereocenters. The van der Waals surface area contributed by atoms with Gasteiger partial charge in [0.05, 0.1) is 12.5 Å². The van der Waals surface area contributed by atoms with E-state index in [4.69, 9.17) is 4.74 Å². The van der Waals surface area contributed by atoms with Crippen molar-refractivity contribution in [2.24, 2.45) is 0 Å². The van der Waals surface area contributed by atoms with Crippen LogP contribution in [0.1, 0.15) is 61.7 Å². The van der Waals surface area contributed by atoms with E-state index in [0.717, 1.165) is 62.5 Å². The third-order valence-electron chi connectivity index (χ3n) is 5.19. The molecule has 0 aliphatic heterocycles. The molecule has 0 saturated heterocycles. The zero-order valence-corrected chi connectivity index (χ0v) is 24.6. The van der Waals surface area contributed by atoms with Crippen molar-refractivity contribution in [1.29, 1.82) is 0 Å². The SMILES string of the molecule is CNC1=C(C(=O)c2cccc([N-]C(=O)COCC(=O)NCCCCCC=O)c2)CCCC1.[Rb+]. The van der Waals surface area contributed by atoms with Crippen molar-refractivity contribution < 1.29 is 82.1 Å². The fourth-order valence-electron chi connectivity index (χ4n) is 3.54. The van der Waals surface area contributed by atoms with Crippen LogP contribution in [0.5, 0.6) is 0 Å². The molecule has 0 aromatic heterocycles. The van der Waals surface area contributed by atoms with E-state index in [-0.39, 0.29) is 83.1 Å². The maximum absolute atomic E-state index is 12.9. The largest absolute Gasteiger partial charge is 1.00 e. The topological polar surface area (TPSA) is 116 Å². The van der Waals surface area contributed by atoms with E-state index in [1.54, 1.807) is 24.3 Å². The summed E-state index contributed by atoms with van der Waals surface area (Å²) >= 11 is 0. The number of rotatable bonds is 14. The predicted molar refractivity (Wildman–Crippen MR) is 122 cm³/mol. The molecule has 1 aromatic rings. The Kier molecular flexibility index (Phi) is 15.6. The average molecular weight is 528 g/mol. The molecule has 0 radical (unpaired) electrons. The Morgan fingerprint density at radius 2 is 1.88 bits per heavy atom. The summed E-state index contributed by atoms with van der Waals surface area (Å²) in [5, 5.41) is 9.81. The van der Waals surface area contributed by atoms with Gasteiger partial charge in [-0.25, -0.2) is 0 Å². The van der Waals surface area contributed by atoms with Crippen molar-refractivity contribution in [2.75, 3.05) is 26.8 Å². The minimum atomic E-state index is -0.524. The van der Waals surface area contributed by atoms with Crippen molar-refractivity contribution in [2.45, 2.75) is 51.4 Å². The number of aldehydes is 1. The van der Waals surface area contributed by atoms with Crippen LogP contribution in [0.3, 0.4) is 0 Å². The monoisotopic (exact) mass is 527 g/mol. The summed E-state index contributed by atoms with van der Waals surface area (Å²) in [5.74, 6) is -0.872. The van der Waals surface area contributed by atoms with Gasteiger partial charge in [-0.05, 0) is 38.5 Å². The van der Waals surface area contributed by atoms with Gasteiger partial charge < -0.3 is 30.3 Å². The first-order valence-electron chi connectivity index (χ1n) is 11.1. The number of hydrogen-bond donors (Lipinski definition) is 2. The zero-order valence-electron chi connectivity index (χ0n) is 19.7. The number of allylic oxidation sites excluding steroid dienone is 2. The van der Waals surface area contributed by atoms with Crippen LogP contribution in [0, 0.1) is 0 Å². The molecule has 0 bridgehead atoms. The molecule has 2 rings (SSSR count). The first kappa shape index (κ1) is 29.8. The summed E-state index contributed by atoms with van der Waals surface area (Å²) in [4.78, 5) is 46.9. The molecule has 1 aliphatic rings. The predicted octanol–water partition coefficient (Wildman–Crippen LogP) is 0.345. The van der Waals surface area contributed by atoms with E-state index in [1.807, 2.05) is 7.05 Å². The first-order valence-corrected chi connectivity index (χ1v) is 11.1. The molecule has 1 aliphatic carbocycles. The summed E-state index contributed by atoms with van der Waals surface area (Å²) in [7, 11) is 1.83. The van der Waals surface area contributed by atoms with Crippen LogP contribution < -0.4 is 68.8 Å². The van der Waals surface area contributed by atoms with Gasteiger partial charge in [0.15, 0.2) is 5.78 Å². The maximum Gasteiger partial charge on any atom is 1.00 e. The minimum Gasteiger partial charge on any atom is -0.625 e. The van der Waals surface area contributed by atoms with E-state index in [2.05, 4.69) is 16.0 Å². The Labute approximate surface area is 244 Å². The van der Waals surface area contributed by atoms with Gasteiger partial charge in [0.2, 0.25) is 5.91 Å². The maximum atomic E-state index is 12.9. The summed E-state index contributed by atoms with van der Waals surface area (Å²) in [6.07, 6.45) is 7.55. The molecule has 8 nitrogen and oxygen atoms in total. The molecule has 0 spiro atoms. The minimum absolute atomic E-state index is 0. The molecule has 2 amide bonds. The van der Waals surface area contributed by atoms with Crippen LogP contribution in [-0.2, 0) is 19.1 Å². The van der Waals surface area contributed by atoms with Crippen molar-refractivity contribution in [1.82, 2.24) is 10.6 Å². The Morgan fingerprint density at radius 3 is 2.64 bits per heavy atom. The molecule has 33 heavy (non-hydrogen) atoms. The van der Waals surface area contributed by atoms with Gasteiger partial charge in [-0.3, -0.25) is 9.59 Å². The number of amides is 2. The number of nitrogens with zero attached hydrogens (tertiary/aromatic N) is 1. The van der Waals surface area contributed by atoms with Gasteiger partial charge in [-0.15, -0.1) is 5.69 Å². The third-order valence-corrected chi connectivity index (χ3v) is 5.19. The molecule has 2 N–H and O–H groups in total. The molecular weight excluding hydrogens is 496 g/mol. The zero-order chi connectivity index (χ0) is 23.2. The number of Topliss-reactive ketones (excluding diaryl/α,β-unsaturated/α-hetero) is 1. The van der Waals surface area contributed by atoms with E-state index in [9.17, 15) is 19.2 Å². The number of benzene rings is 1. The van der Waals surface area contributed by atoms with Crippen molar-refractivity contribution >= 4 is 29.6 Å². The quantitative estimate of drug-likeness (QED) is 0.205. The van der Waals surface area contributed by atoms with E-state index in [1.165, 1.54) is 0 Å². The summed E-state index contributed by atoms with van der Waals surface area (Å²) < 4.78 is 5.14. The first-order chi connectivity index (χ1) is 15.5. The van der Waals surface area contributed by atoms with Gasteiger partial charge in [0.1, 0.15) is 12.9 Å². The second kappa shape index (κ2) is 17.3. The van der Waals surface area contributed by atoms with E-state index >= 15 is 0 Å². The number of ether oxygens (including phenoxy) is 1. The van der Waals surface area contributed by atoms with Gasteiger partial charge in [0.25, 0.3) is 0 Å². The van der Waals surface area contributed by atoms with E-state index < -0.39 is 5.91 Å². The van der Waals surface area contributed by atoms with Crippen LogP contribution >= 0.6 is 0 Å². The normalized spacial score (nSPS) is 13.0. The van der Waals surface area contributed by atoms with Crippen LogP contribution in [0.25, 0.3) is 5.32 Å². The van der Waals surface area contributed by atoms with Crippen LogP contribution in [0.4, 0.5) is 5.69 Å².